The topological polar surface area (TPSA) is 85.1 Å². The molecule has 0 aliphatic rings. The van der Waals surface area contributed by atoms with E-state index < -0.39 is 21.8 Å². The van der Waals surface area contributed by atoms with E-state index in [-0.39, 0.29) is 17.9 Å². The number of anilines is 1. The van der Waals surface area contributed by atoms with Gasteiger partial charge < -0.3 is 5.73 Å². The molecule has 96 valence electrons. The first kappa shape index (κ1) is 13.7. The number of hydrogen-bond donors (Lipinski definition) is 2. The van der Waals surface area contributed by atoms with Gasteiger partial charge in [0.2, 0.25) is 10.0 Å². The van der Waals surface area contributed by atoms with Gasteiger partial charge in [-0.25, -0.2) is 13.4 Å². The fourth-order valence-electron chi connectivity index (χ4n) is 1.09. The molecule has 0 unspecified atom stereocenters. The summed E-state index contributed by atoms with van der Waals surface area (Å²) in [6, 6.07) is 0.764. The van der Waals surface area contributed by atoms with Crippen LogP contribution in [0.15, 0.2) is 12.3 Å². The van der Waals surface area contributed by atoms with Crippen molar-refractivity contribution in [2.24, 2.45) is 5.73 Å². The quantitative estimate of drug-likeness (QED) is 0.854. The van der Waals surface area contributed by atoms with E-state index in [2.05, 4.69) is 4.98 Å². The molecule has 1 rings (SSSR count). The lowest BCUT2D eigenvalue weighted by molar-refractivity contribution is -0.137. The number of halogens is 3. The lowest BCUT2D eigenvalue weighted by atomic mass is 10.2. The van der Waals surface area contributed by atoms with Gasteiger partial charge in [-0.05, 0) is 6.07 Å². The van der Waals surface area contributed by atoms with E-state index in [1.54, 1.807) is 0 Å². The van der Waals surface area contributed by atoms with Crippen LogP contribution in [0, 0.1) is 0 Å². The average molecular weight is 269 g/mol. The molecular weight excluding hydrogens is 259 g/mol. The van der Waals surface area contributed by atoms with E-state index in [0.717, 1.165) is 12.3 Å². The zero-order valence-corrected chi connectivity index (χ0v) is 9.56. The number of nitrogens with one attached hydrogen (secondary N) is 1. The highest BCUT2D eigenvalue weighted by Gasteiger charge is 2.31. The minimum absolute atomic E-state index is 0.0229. The summed E-state index contributed by atoms with van der Waals surface area (Å²) in [6.45, 7) is -0.255. The molecule has 1 aromatic rings. The second-order valence-electron chi connectivity index (χ2n) is 3.31. The second kappa shape index (κ2) is 4.49. The van der Waals surface area contributed by atoms with Crippen LogP contribution in [0.3, 0.4) is 0 Å². The number of aromatic nitrogens is 1. The average Bonchev–Trinajstić information content (AvgIpc) is 2.14. The summed E-state index contributed by atoms with van der Waals surface area (Å²) in [4.78, 5) is 3.41. The standard InChI is InChI=1S/C8H10F3N3O2S/c1-17(15,16)14-7-5(3-12)2-6(4-13-7)8(9,10)11/h2,4H,3,12H2,1H3,(H,13,14). The smallest absolute Gasteiger partial charge is 0.326 e. The number of nitrogens with zero attached hydrogens (tertiary/aromatic N) is 1. The molecule has 0 aliphatic carbocycles. The zero-order valence-electron chi connectivity index (χ0n) is 8.75. The van der Waals surface area contributed by atoms with E-state index in [0.29, 0.717) is 6.20 Å². The van der Waals surface area contributed by atoms with Crippen molar-refractivity contribution in [1.82, 2.24) is 4.98 Å². The molecule has 9 heteroatoms. The summed E-state index contributed by atoms with van der Waals surface area (Å²) in [5.41, 5.74) is 4.24. The van der Waals surface area contributed by atoms with Gasteiger partial charge in [-0.15, -0.1) is 0 Å². The Labute approximate surface area is 95.9 Å². The number of sulfonamides is 1. The Bertz CT molecular complexity index is 513. The molecule has 17 heavy (non-hydrogen) atoms. The highest BCUT2D eigenvalue weighted by atomic mass is 32.2. The van der Waals surface area contributed by atoms with Gasteiger partial charge in [0.15, 0.2) is 0 Å². The highest BCUT2D eigenvalue weighted by molar-refractivity contribution is 7.92. The third kappa shape index (κ3) is 3.86. The van der Waals surface area contributed by atoms with Gasteiger partial charge in [0.05, 0.1) is 11.8 Å². The van der Waals surface area contributed by atoms with Crippen LogP contribution in [0.4, 0.5) is 19.0 Å². The molecule has 0 fully saturated rings. The molecule has 0 atom stereocenters. The molecule has 5 nitrogen and oxygen atoms in total. The summed E-state index contributed by atoms with van der Waals surface area (Å²) >= 11 is 0. The molecule has 3 N–H and O–H groups in total. The van der Waals surface area contributed by atoms with Crippen molar-refractivity contribution >= 4 is 15.8 Å². The zero-order chi connectivity index (χ0) is 13.3. The van der Waals surface area contributed by atoms with Crippen LogP contribution in [0.1, 0.15) is 11.1 Å². The molecule has 0 amide bonds. The normalized spacial score (nSPS) is 12.5. The maximum atomic E-state index is 12.4. The summed E-state index contributed by atoms with van der Waals surface area (Å²) in [5, 5.41) is 0. The molecule has 1 heterocycles. The lowest BCUT2D eigenvalue weighted by Crippen LogP contribution is -2.16. The monoisotopic (exact) mass is 269 g/mol. The predicted molar refractivity (Wildman–Crippen MR) is 55.6 cm³/mol. The van der Waals surface area contributed by atoms with Gasteiger partial charge in [0.25, 0.3) is 0 Å². The van der Waals surface area contributed by atoms with E-state index >= 15 is 0 Å². The minimum atomic E-state index is -4.54. The molecule has 0 spiro atoms. The summed E-state index contributed by atoms with van der Waals surface area (Å²) < 4.78 is 60.9. The van der Waals surface area contributed by atoms with Crippen molar-refractivity contribution in [2.45, 2.75) is 12.7 Å². The van der Waals surface area contributed by atoms with Crippen LogP contribution in [0.25, 0.3) is 0 Å². The second-order valence-corrected chi connectivity index (χ2v) is 5.06. The third-order valence-corrected chi connectivity index (χ3v) is 2.36. The molecule has 0 bridgehead atoms. The summed E-state index contributed by atoms with van der Waals surface area (Å²) in [6.07, 6.45) is -3.13. The van der Waals surface area contributed by atoms with Crippen molar-refractivity contribution in [3.05, 3.63) is 23.4 Å². The largest absolute Gasteiger partial charge is 0.417 e. The van der Waals surface area contributed by atoms with Crippen molar-refractivity contribution in [1.29, 1.82) is 0 Å². The Balaban J connectivity index is 3.19. The van der Waals surface area contributed by atoms with Crippen LogP contribution in [0.2, 0.25) is 0 Å². The maximum Gasteiger partial charge on any atom is 0.417 e. The molecule has 0 aliphatic heterocycles. The Hall–Kier alpha value is -1.35. The summed E-state index contributed by atoms with van der Waals surface area (Å²) in [7, 11) is -3.61. The van der Waals surface area contributed by atoms with E-state index in [1.165, 1.54) is 0 Å². The van der Waals surface area contributed by atoms with Gasteiger partial charge in [-0.1, -0.05) is 0 Å². The molecule has 0 saturated heterocycles. The van der Waals surface area contributed by atoms with Crippen LogP contribution in [0.5, 0.6) is 0 Å². The van der Waals surface area contributed by atoms with Crippen LogP contribution < -0.4 is 10.5 Å². The Kier molecular flexibility index (Phi) is 3.62. The van der Waals surface area contributed by atoms with Crippen molar-refractivity contribution in [3.63, 3.8) is 0 Å². The molecule has 0 aromatic carbocycles. The first-order chi connectivity index (χ1) is 7.63. The highest BCUT2D eigenvalue weighted by Crippen LogP contribution is 2.30. The molecular formula is C8H10F3N3O2S. The van der Waals surface area contributed by atoms with Gasteiger partial charge >= 0.3 is 6.18 Å². The van der Waals surface area contributed by atoms with E-state index in [4.69, 9.17) is 5.73 Å². The lowest BCUT2D eigenvalue weighted by Gasteiger charge is -2.11. The SMILES string of the molecule is CS(=O)(=O)Nc1ncc(C(F)(F)F)cc1CN. The van der Waals surface area contributed by atoms with E-state index in [9.17, 15) is 21.6 Å². The number of hydrogen-bond acceptors (Lipinski definition) is 4. The molecule has 0 saturated carbocycles. The van der Waals surface area contributed by atoms with Crippen LogP contribution >= 0.6 is 0 Å². The molecule has 1 aromatic heterocycles. The fraction of sp³-hybridized carbons (Fsp3) is 0.375. The molecule has 0 radical (unpaired) electrons. The van der Waals surface area contributed by atoms with Gasteiger partial charge in [-0.2, -0.15) is 13.2 Å². The Morgan fingerprint density at radius 2 is 2.06 bits per heavy atom. The summed E-state index contributed by atoms with van der Waals surface area (Å²) in [5.74, 6) is -0.192. The van der Waals surface area contributed by atoms with Crippen molar-refractivity contribution < 1.29 is 21.6 Å². The minimum Gasteiger partial charge on any atom is -0.326 e. The maximum absolute atomic E-state index is 12.4. The predicted octanol–water partition coefficient (Wildman–Crippen LogP) is 0.931. The first-order valence-corrected chi connectivity index (χ1v) is 6.26. The van der Waals surface area contributed by atoms with Crippen LogP contribution in [-0.2, 0) is 22.7 Å². The third-order valence-electron chi connectivity index (χ3n) is 1.80. The number of nitrogens with two attached hydrogens (primary N) is 1. The van der Waals surface area contributed by atoms with Crippen molar-refractivity contribution in [3.8, 4) is 0 Å². The Morgan fingerprint density at radius 1 is 1.47 bits per heavy atom. The number of alkyl halides is 3. The first-order valence-electron chi connectivity index (χ1n) is 4.37. The van der Waals surface area contributed by atoms with Gasteiger partial charge in [0, 0.05) is 18.3 Å². The number of pyridine rings is 1. The van der Waals surface area contributed by atoms with Crippen molar-refractivity contribution in [2.75, 3.05) is 11.0 Å². The van der Waals surface area contributed by atoms with Gasteiger partial charge in [-0.3, -0.25) is 4.72 Å². The van der Waals surface area contributed by atoms with Crippen LogP contribution in [-0.4, -0.2) is 19.7 Å². The Morgan fingerprint density at radius 3 is 2.47 bits per heavy atom. The van der Waals surface area contributed by atoms with E-state index in [1.807, 2.05) is 4.72 Å². The number of rotatable bonds is 3. The fourth-order valence-corrected chi connectivity index (χ4v) is 1.62. The van der Waals surface area contributed by atoms with Gasteiger partial charge in [0.1, 0.15) is 5.82 Å².